The molecule has 0 bridgehead atoms. The first kappa shape index (κ1) is 14.0. The first-order chi connectivity index (χ1) is 9.59. The summed E-state index contributed by atoms with van der Waals surface area (Å²) in [5, 5.41) is 8.88. The lowest BCUT2D eigenvalue weighted by Gasteiger charge is -2.11. The number of carbonyl (C=O) groups excluding carboxylic acids is 1. The van der Waals surface area contributed by atoms with Gasteiger partial charge < -0.3 is 10.8 Å². The highest BCUT2D eigenvalue weighted by Gasteiger charge is 2.18. The van der Waals surface area contributed by atoms with Gasteiger partial charge in [-0.25, -0.2) is 0 Å². The van der Waals surface area contributed by atoms with Crippen molar-refractivity contribution in [2.75, 3.05) is 0 Å². The van der Waals surface area contributed by atoms with Crippen LogP contribution in [0.25, 0.3) is 0 Å². The van der Waals surface area contributed by atoms with Crippen molar-refractivity contribution in [2.24, 2.45) is 5.73 Å². The van der Waals surface area contributed by atoms with Crippen molar-refractivity contribution in [3.8, 4) is 0 Å². The van der Waals surface area contributed by atoms with Crippen LogP contribution in [0.2, 0.25) is 0 Å². The van der Waals surface area contributed by atoms with Crippen LogP contribution in [-0.4, -0.2) is 22.9 Å². The molecule has 0 amide bonds. The van der Waals surface area contributed by atoms with Gasteiger partial charge in [0.2, 0.25) is 0 Å². The van der Waals surface area contributed by atoms with Crippen LogP contribution in [0.15, 0.2) is 54.6 Å². The topological polar surface area (TPSA) is 80.4 Å². The summed E-state index contributed by atoms with van der Waals surface area (Å²) >= 11 is 0. The number of ketones is 1. The third kappa shape index (κ3) is 3.10. The molecule has 4 heteroatoms. The molecule has 0 heterocycles. The predicted molar refractivity (Wildman–Crippen MR) is 75.6 cm³/mol. The molecular formula is C16H15NO3. The minimum atomic E-state index is -1.08. The van der Waals surface area contributed by atoms with Crippen LogP contribution in [0, 0.1) is 0 Å². The molecule has 20 heavy (non-hydrogen) atoms. The third-order valence-electron chi connectivity index (χ3n) is 3.05. The lowest BCUT2D eigenvalue weighted by Crippen LogP contribution is -2.32. The summed E-state index contributed by atoms with van der Waals surface area (Å²) in [6.07, 6.45) is 0.129. The van der Waals surface area contributed by atoms with E-state index in [2.05, 4.69) is 0 Å². The van der Waals surface area contributed by atoms with E-state index in [1.54, 1.807) is 48.5 Å². The molecule has 0 saturated carbocycles. The summed E-state index contributed by atoms with van der Waals surface area (Å²) in [4.78, 5) is 23.3. The van der Waals surface area contributed by atoms with Gasteiger partial charge in [0.05, 0.1) is 0 Å². The predicted octanol–water partition coefficient (Wildman–Crippen LogP) is 1.87. The van der Waals surface area contributed by atoms with Crippen LogP contribution in [0.3, 0.4) is 0 Å². The molecule has 0 aromatic heterocycles. The van der Waals surface area contributed by atoms with E-state index < -0.39 is 12.0 Å². The third-order valence-corrected chi connectivity index (χ3v) is 3.05. The van der Waals surface area contributed by atoms with E-state index in [9.17, 15) is 9.59 Å². The van der Waals surface area contributed by atoms with Crippen LogP contribution < -0.4 is 5.73 Å². The maximum Gasteiger partial charge on any atom is 0.320 e. The van der Waals surface area contributed by atoms with Gasteiger partial charge in [0.25, 0.3) is 0 Å². The molecule has 2 aromatic rings. The van der Waals surface area contributed by atoms with Crippen LogP contribution in [-0.2, 0) is 11.2 Å². The number of benzene rings is 2. The van der Waals surface area contributed by atoms with Gasteiger partial charge in [-0.1, -0.05) is 54.6 Å². The number of carbonyl (C=O) groups is 2. The van der Waals surface area contributed by atoms with E-state index in [1.165, 1.54) is 0 Å². The van der Waals surface area contributed by atoms with Crippen LogP contribution in [0.5, 0.6) is 0 Å². The zero-order chi connectivity index (χ0) is 14.5. The van der Waals surface area contributed by atoms with Crippen molar-refractivity contribution < 1.29 is 14.7 Å². The summed E-state index contributed by atoms with van der Waals surface area (Å²) < 4.78 is 0. The molecule has 0 saturated heterocycles. The molecule has 3 N–H and O–H groups in total. The first-order valence-electron chi connectivity index (χ1n) is 6.25. The Morgan fingerprint density at radius 1 is 1.00 bits per heavy atom. The Balaban J connectivity index is 2.33. The van der Waals surface area contributed by atoms with Crippen LogP contribution >= 0.6 is 0 Å². The van der Waals surface area contributed by atoms with Gasteiger partial charge in [0.1, 0.15) is 6.04 Å². The fourth-order valence-electron chi connectivity index (χ4n) is 1.99. The van der Waals surface area contributed by atoms with Crippen LogP contribution in [0.1, 0.15) is 21.5 Å². The molecule has 1 unspecified atom stereocenters. The Morgan fingerprint density at radius 3 is 2.25 bits per heavy atom. The van der Waals surface area contributed by atoms with Gasteiger partial charge in [0, 0.05) is 11.1 Å². The Bertz CT molecular complexity index is 623. The normalized spacial score (nSPS) is 11.8. The fourth-order valence-corrected chi connectivity index (χ4v) is 1.99. The Morgan fingerprint density at radius 2 is 1.60 bits per heavy atom. The molecule has 0 fully saturated rings. The maximum absolute atomic E-state index is 12.4. The highest BCUT2D eigenvalue weighted by Crippen LogP contribution is 2.16. The van der Waals surface area contributed by atoms with Gasteiger partial charge in [-0.3, -0.25) is 9.59 Å². The number of hydrogen-bond donors (Lipinski definition) is 2. The molecule has 102 valence electrons. The van der Waals surface area contributed by atoms with Gasteiger partial charge >= 0.3 is 5.97 Å². The summed E-state index contributed by atoms with van der Waals surface area (Å²) in [5.41, 5.74) is 7.26. The summed E-state index contributed by atoms with van der Waals surface area (Å²) in [6.45, 7) is 0. The van der Waals surface area contributed by atoms with Crippen molar-refractivity contribution in [1.29, 1.82) is 0 Å². The van der Waals surface area contributed by atoms with Crippen molar-refractivity contribution in [1.82, 2.24) is 0 Å². The van der Waals surface area contributed by atoms with E-state index in [0.717, 1.165) is 0 Å². The molecule has 0 radical (unpaired) electrons. The van der Waals surface area contributed by atoms with Gasteiger partial charge in [-0.15, -0.1) is 0 Å². The highest BCUT2D eigenvalue weighted by atomic mass is 16.4. The Labute approximate surface area is 116 Å². The van der Waals surface area contributed by atoms with E-state index in [-0.39, 0.29) is 12.2 Å². The second-order valence-corrected chi connectivity index (χ2v) is 4.50. The fraction of sp³-hybridized carbons (Fsp3) is 0.125. The zero-order valence-corrected chi connectivity index (χ0v) is 10.8. The minimum Gasteiger partial charge on any atom is -0.480 e. The maximum atomic E-state index is 12.4. The molecule has 0 spiro atoms. The summed E-state index contributed by atoms with van der Waals surface area (Å²) in [5.74, 6) is -1.20. The number of carboxylic acids is 1. The van der Waals surface area contributed by atoms with Gasteiger partial charge in [-0.05, 0) is 12.0 Å². The number of rotatable bonds is 5. The summed E-state index contributed by atoms with van der Waals surface area (Å²) in [6, 6.07) is 14.8. The lowest BCUT2D eigenvalue weighted by molar-refractivity contribution is -0.138. The number of carboxylic acid groups (broad SMARTS) is 1. The van der Waals surface area contributed by atoms with E-state index in [4.69, 9.17) is 10.8 Å². The monoisotopic (exact) mass is 269 g/mol. The van der Waals surface area contributed by atoms with Crippen molar-refractivity contribution in [2.45, 2.75) is 12.5 Å². The average molecular weight is 269 g/mol. The average Bonchev–Trinajstić information content (AvgIpc) is 2.48. The molecule has 0 aliphatic carbocycles. The number of hydrogen-bond acceptors (Lipinski definition) is 3. The molecule has 2 aromatic carbocycles. The zero-order valence-electron chi connectivity index (χ0n) is 10.8. The summed E-state index contributed by atoms with van der Waals surface area (Å²) in [7, 11) is 0. The second-order valence-electron chi connectivity index (χ2n) is 4.50. The second kappa shape index (κ2) is 6.12. The molecule has 0 aliphatic heterocycles. The number of aliphatic carboxylic acids is 1. The molecule has 0 aliphatic rings. The minimum absolute atomic E-state index is 0.126. The molecular weight excluding hydrogens is 254 g/mol. The van der Waals surface area contributed by atoms with E-state index in [1.807, 2.05) is 6.07 Å². The molecule has 1 atom stereocenters. The Kier molecular flexibility index (Phi) is 4.27. The van der Waals surface area contributed by atoms with Crippen molar-refractivity contribution >= 4 is 11.8 Å². The molecule has 4 nitrogen and oxygen atoms in total. The van der Waals surface area contributed by atoms with Crippen LogP contribution in [0.4, 0.5) is 0 Å². The van der Waals surface area contributed by atoms with Crippen molar-refractivity contribution in [3.05, 3.63) is 71.3 Å². The largest absolute Gasteiger partial charge is 0.480 e. The SMILES string of the molecule is NC(Cc1ccccc1C(=O)c1ccccc1)C(=O)O. The van der Waals surface area contributed by atoms with Crippen molar-refractivity contribution in [3.63, 3.8) is 0 Å². The highest BCUT2D eigenvalue weighted by molar-refractivity contribution is 6.09. The van der Waals surface area contributed by atoms with E-state index in [0.29, 0.717) is 16.7 Å². The van der Waals surface area contributed by atoms with Gasteiger partial charge in [0.15, 0.2) is 5.78 Å². The lowest BCUT2D eigenvalue weighted by atomic mass is 9.94. The van der Waals surface area contributed by atoms with E-state index >= 15 is 0 Å². The smallest absolute Gasteiger partial charge is 0.320 e. The Hall–Kier alpha value is -2.46. The molecule has 2 rings (SSSR count). The quantitative estimate of drug-likeness (QED) is 0.812. The first-order valence-corrected chi connectivity index (χ1v) is 6.25. The van der Waals surface area contributed by atoms with Gasteiger partial charge in [-0.2, -0.15) is 0 Å². The standard InChI is InChI=1S/C16H15NO3/c17-14(16(19)20)10-12-8-4-5-9-13(12)15(18)11-6-2-1-3-7-11/h1-9,14H,10,17H2,(H,19,20). The number of nitrogens with two attached hydrogens (primary N) is 1.